The van der Waals surface area contributed by atoms with Crippen molar-refractivity contribution in [2.45, 2.75) is 84.0 Å². The number of nitriles is 1. The molecule has 1 aliphatic rings. The van der Waals surface area contributed by atoms with Crippen LogP contribution in [0.1, 0.15) is 78.6 Å². The molecule has 0 aliphatic carbocycles. The molecule has 1 unspecified atom stereocenters. The minimum Gasteiger partial charge on any atom is -0.492 e. The lowest BCUT2D eigenvalue weighted by molar-refractivity contribution is -0.141. The standard InChI is InChI=1S/C48H61N11O7/c1-27-40(28(2)55-42(54-27)32-9-8-10-33(25-32)48(4,5)6)45(62)57-36(15-16-49)47(64)59(7)41-31-12-14-39(66-22-19-52)35(26-31)34-23-30(11-13-38(34)65-21-18-51)24-37(44(61)53-20-17-50)58-43(60)29(3)56-46(41)63/h8-14,23,25-26,29,36-37,41H,15-16,18-22,24,49,51-52H2,1-7H3,(H,53,61)(H,56,63)(H,57,62)(H,58,60)/t29-,36?,37-,41-/m0/s1. The van der Waals surface area contributed by atoms with Gasteiger partial charge in [0.25, 0.3) is 5.91 Å². The zero-order valence-corrected chi connectivity index (χ0v) is 38.6. The van der Waals surface area contributed by atoms with Gasteiger partial charge in [-0.2, -0.15) is 5.26 Å². The number of hydrogen-bond donors (Lipinski definition) is 7. The van der Waals surface area contributed by atoms with E-state index in [1.807, 2.05) is 30.3 Å². The number of carbonyl (C=O) groups excluding carboxylic acids is 5. The van der Waals surface area contributed by atoms with Crippen LogP contribution in [-0.4, -0.2) is 109 Å². The van der Waals surface area contributed by atoms with Crippen LogP contribution in [0, 0.1) is 25.2 Å². The van der Waals surface area contributed by atoms with E-state index in [0.29, 0.717) is 51.0 Å². The molecule has 1 aromatic heterocycles. The Balaban J connectivity index is 1.58. The van der Waals surface area contributed by atoms with Crippen molar-refractivity contribution in [3.63, 3.8) is 0 Å². The van der Waals surface area contributed by atoms with Crippen molar-refractivity contribution < 1.29 is 33.4 Å². The number of benzene rings is 3. The molecule has 0 radical (unpaired) electrons. The van der Waals surface area contributed by atoms with E-state index >= 15 is 0 Å². The molecule has 1 aliphatic heterocycles. The second-order valence-corrected chi connectivity index (χ2v) is 17.1. The quantitative estimate of drug-likeness (QED) is 0.0845. The molecular weight excluding hydrogens is 843 g/mol. The predicted octanol–water partition coefficient (Wildman–Crippen LogP) is 2.23. The predicted molar refractivity (Wildman–Crippen MR) is 249 cm³/mol. The van der Waals surface area contributed by atoms with Gasteiger partial charge in [-0.3, -0.25) is 24.0 Å². The van der Waals surface area contributed by atoms with Crippen molar-refractivity contribution in [1.29, 1.82) is 5.26 Å². The first-order valence-corrected chi connectivity index (χ1v) is 21.8. The minimum absolute atomic E-state index is 0.000301. The Labute approximate surface area is 385 Å². The lowest BCUT2D eigenvalue weighted by Crippen LogP contribution is -2.56. The number of likely N-dealkylation sites (N-methyl/N-ethyl adjacent to an activating group) is 1. The van der Waals surface area contributed by atoms with Gasteiger partial charge in [0.05, 0.1) is 23.0 Å². The van der Waals surface area contributed by atoms with E-state index < -0.39 is 53.7 Å². The highest BCUT2D eigenvalue weighted by Gasteiger charge is 2.36. The number of nitrogens with one attached hydrogen (secondary N) is 4. The third-order valence-electron chi connectivity index (χ3n) is 11.1. The van der Waals surface area contributed by atoms with E-state index in [4.69, 9.17) is 36.6 Å². The van der Waals surface area contributed by atoms with Gasteiger partial charge in [0.2, 0.25) is 23.6 Å². The summed E-state index contributed by atoms with van der Waals surface area (Å²) in [4.78, 5) is 81.2. The fourth-order valence-corrected chi connectivity index (χ4v) is 7.66. The van der Waals surface area contributed by atoms with Crippen LogP contribution in [0.5, 0.6) is 11.5 Å². The zero-order chi connectivity index (χ0) is 48.3. The van der Waals surface area contributed by atoms with E-state index in [9.17, 15) is 29.2 Å². The van der Waals surface area contributed by atoms with Crippen LogP contribution < -0.4 is 47.9 Å². The van der Waals surface area contributed by atoms with Crippen molar-refractivity contribution in [1.82, 2.24) is 36.1 Å². The van der Waals surface area contributed by atoms with E-state index in [1.165, 1.54) is 18.9 Å². The van der Waals surface area contributed by atoms with Gasteiger partial charge in [0.1, 0.15) is 55.4 Å². The Hall–Kier alpha value is -6.94. The fourth-order valence-electron chi connectivity index (χ4n) is 7.66. The Morgan fingerprint density at radius 1 is 0.894 bits per heavy atom. The molecule has 4 atom stereocenters. The Morgan fingerprint density at radius 2 is 1.53 bits per heavy atom. The number of hydrogen-bond acceptors (Lipinski definition) is 13. The van der Waals surface area contributed by atoms with Gasteiger partial charge in [-0.15, -0.1) is 0 Å². The smallest absolute Gasteiger partial charge is 0.255 e. The normalized spacial score (nSPS) is 16.7. The van der Waals surface area contributed by atoms with Crippen LogP contribution in [0.4, 0.5) is 0 Å². The zero-order valence-electron chi connectivity index (χ0n) is 38.6. The number of amides is 5. The summed E-state index contributed by atoms with van der Waals surface area (Å²) >= 11 is 0. The number of nitrogens with two attached hydrogens (primary N) is 3. The number of rotatable bonds is 15. The number of carbonyl (C=O) groups is 5. The topological polar surface area (TPSA) is 283 Å². The van der Waals surface area contributed by atoms with Crippen molar-refractivity contribution >= 4 is 29.5 Å². The molecule has 10 N–H and O–H groups in total. The molecule has 2 heterocycles. The van der Waals surface area contributed by atoms with Gasteiger partial charge >= 0.3 is 0 Å². The second kappa shape index (κ2) is 22.3. The summed E-state index contributed by atoms with van der Waals surface area (Å²) in [5, 5.41) is 19.9. The molecule has 0 saturated carbocycles. The van der Waals surface area contributed by atoms with E-state index in [2.05, 4.69) is 42.0 Å². The van der Waals surface area contributed by atoms with E-state index in [-0.39, 0.29) is 63.2 Å². The third kappa shape index (κ3) is 12.0. The van der Waals surface area contributed by atoms with Gasteiger partial charge in [-0.1, -0.05) is 51.1 Å². The molecule has 0 spiro atoms. The Kier molecular flexibility index (Phi) is 16.9. The van der Waals surface area contributed by atoms with E-state index in [1.54, 1.807) is 50.2 Å². The van der Waals surface area contributed by atoms with Crippen LogP contribution in [0.2, 0.25) is 0 Å². The molecule has 3 aromatic carbocycles. The largest absolute Gasteiger partial charge is 0.492 e. The molecule has 4 aromatic rings. The molecule has 18 heteroatoms. The van der Waals surface area contributed by atoms with Gasteiger partial charge in [-0.05, 0) is 86.2 Å². The van der Waals surface area contributed by atoms with Gasteiger partial charge in [0, 0.05) is 43.2 Å². The summed E-state index contributed by atoms with van der Waals surface area (Å²) in [6.45, 7) is 11.5. The van der Waals surface area contributed by atoms with Gasteiger partial charge in [0.15, 0.2) is 5.82 Å². The molecule has 5 rings (SSSR count). The summed E-state index contributed by atoms with van der Waals surface area (Å²) in [5.41, 5.74) is 22.3. The average molecular weight is 904 g/mol. The summed E-state index contributed by atoms with van der Waals surface area (Å²) in [5.74, 6) is -2.13. The Bertz CT molecular complexity index is 2460. The maximum Gasteiger partial charge on any atom is 0.255 e. The highest BCUT2D eigenvalue weighted by Crippen LogP contribution is 2.40. The number of aromatic nitrogens is 2. The van der Waals surface area contributed by atoms with Crippen LogP contribution in [0.25, 0.3) is 22.5 Å². The SMILES string of the molecule is Cc1nc(-c2cccc(C(C)(C)C)c2)nc(C)c1C(=O)NC(CCN)C(=O)N(C)[C@@H]1C(=O)N[C@@H](C)C(=O)N[C@H](C(=O)NCC#N)Cc2ccc(OCCN)c(c2)-c2cc1ccc2OCCN. The monoisotopic (exact) mass is 903 g/mol. The van der Waals surface area contributed by atoms with Crippen molar-refractivity contribution in [2.75, 3.05) is 46.4 Å². The fraction of sp³-hybridized carbons (Fsp3) is 0.417. The van der Waals surface area contributed by atoms with Gasteiger partial charge < -0.3 is 52.8 Å². The van der Waals surface area contributed by atoms with Crippen molar-refractivity contribution in [2.24, 2.45) is 17.2 Å². The molecule has 350 valence electrons. The minimum atomic E-state index is -1.41. The summed E-state index contributed by atoms with van der Waals surface area (Å²) in [7, 11) is 1.42. The first kappa shape index (κ1) is 50.1. The van der Waals surface area contributed by atoms with Crippen LogP contribution in [0.15, 0.2) is 60.7 Å². The molecule has 0 saturated heterocycles. The third-order valence-corrected chi connectivity index (χ3v) is 11.1. The van der Waals surface area contributed by atoms with Crippen LogP contribution in [-0.2, 0) is 31.0 Å². The van der Waals surface area contributed by atoms with Gasteiger partial charge in [-0.25, -0.2) is 9.97 Å². The first-order chi connectivity index (χ1) is 31.4. The second-order valence-electron chi connectivity index (χ2n) is 17.1. The number of fused-ring (bicyclic) bond motifs is 5. The van der Waals surface area contributed by atoms with E-state index in [0.717, 1.165) is 11.1 Å². The molecule has 4 bridgehead atoms. The van der Waals surface area contributed by atoms with Crippen molar-refractivity contribution in [3.8, 4) is 40.1 Å². The number of ether oxygens (including phenoxy) is 2. The molecule has 5 amide bonds. The molecule has 18 nitrogen and oxygen atoms in total. The average Bonchev–Trinajstić information content (AvgIpc) is 3.28. The van der Waals surface area contributed by atoms with Crippen LogP contribution in [0.3, 0.4) is 0 Å². The molecule has 66 heavy (non-hydrogen) atoms. The lowest BCUT2D eigenvalue weighted by Gasteiger charge is -2.32. The highest BCUT2D eigenvalue weighted by molar-refractivity contribution is 6.00. The Morgan fingerprint density at radius 3 is 2.14 bits per heavy atom. The maximum absolute atomic E-state index is 14.7. The summed E-state index contributed by atoms with van der Waals surface area (Å²) in [6, 6.07) is 14.9. The molecule has 0 fully saturated rings. The maximum atomic E-state index is 14.7. The van der Waals surface area contributed by atoms with Crippen molar-refractivity contribution in [3.05, 3.63) is 94.3 Å². The number of aryl methyl sites for hydroxylation is 2. The highest BCUT2D eigenvalue weighted by atomic mass is 16.5. The lowest BCUT2D eigenvalue weighted by atomic mass is 9.86. The summed E-state index contributed by atoms with van der Waals surface area (Å²) in [6.07, 6.45) is 0.000956. The number of nitrogens with zero attached hydrogens (tertiary/aromatic N) is 4. The summed E-state index contributed by atoms with van der Waals surface area (Å²) < 4.78 is 12.2. The first-order valence-electron chi connectivity index (χ1n) is 21.8. The molecular formula is C48H61N11O7. The van der Waals surface area contributed by atoms with Crippen LogP contribution >= 0.6 is 0 Å².